The molecule has 4 nitrogen and oxygen atoms in total. The SMILES string of the molecule is CC(C)(C)c1ccc2nccn2c1.CC(C)(C)c1ccn2ccnc2c1. The molecule has 0 aliphatic rings. The Morgan fingerprint density at radius 1 is 0.654 bits per heavy atom. The van der Waals surface area contributed by atoms with Crippen LogP contribution < -0.4 is 0 Å². The molecule has 4 aromatic heterocycles. The van der Waals surface area contributed by atoms with Crippen LogP contribution in [0.2, 0.25) is 0 Å². The summed E-state index contributed by atoms with van der Waals surface area (Å²) in [7, 11) is 0. The van der Waals surface area contributed by atoms with Crippen LogP contribution in [0.25, 0.3) is 11.3 Å². The molecule has 0 N–H and O–H groups in total. The van der Waals surface area contributed by atoms with Crippen molar-refractivity contribution in [2.75, 3.05) is 0 Å². The molecule has 4 rings (SSSR count). The minimum atomic E-state index is 0.202. The molecule has 0 amide bonds. The highest BCUT2D eigenvalue weighted by molar-refractivity contribution is 5.43. The van der Waals surface area contributed by atoms with Crippen molar-refractivity contribution in [2.45, 2.75) is 52.4 Å². The van der Waals surface area contributed by atoms with Gasteiger partial charge in [-0.1, -0.05) is 47.6 Å². The fraction of sp³-hybridized carbons (Fsp3) is 0.364. The molecule has 0 bridgehead atoms. The molecule has 0 radical (unpaired) electrons. The van der Waals surface area contributed by atoms with Gasteiger partial charge in [0.15, 0.2) is 0 Å². The van der Waals surface area contributed by atoms with Gasteiger partial charge in [0.05, 0.1) is 0 Å². The van der Waals surface area contributed by atoms with Crippen LogP contribution in [0, 0.1) is 0 Å². The maximum Gasteiger partial charge on any atom is 0.136 e. The molecule has 0 aliphatic heterocycles. The van der Waals surface area contributed by atoms with Crippen molar-refractivity contribution < 1.29 is 0 Å². The predicted octanol–water partition coefficient (Wildman–Crippen LogP) is 5.26. The quantitative estimate of drug-likeness (QED) is 0.434. The summed E-state index contributed by atoms with van der Waals surface area (Å²) in [5.74, 6) is 0. The molecule has 0 atom stereocenters. The Labute approximate surface area is 155 Å². The largest absolute Gasteiger partial charge is 0.307 e. The first-order valence-electron chi connectivity index (χ1n) is 9.01. The molecule has 26 heavy (non-hydrogen) atoms. The highest BCUT2D eigenvalue weighted by Gasteiger charge is 2.14. The molecule has 136 valence electrons. The topological polar surface area (TPSA) is 34.6 Å². The van der Waals surface area contributed by atoms with Gasteiger partial charge in [-0.05, 0) is 40.2 Å². The summed E-state index contributed by atoms with van der Waals surface area (Å²) in [5.41, 5.74) is 5.09. The summed E-state index contributed by atoms with van der Waals surface area (Å²) < 4.78 is 4.08. The van der Waals surface area contributed by atoms with Gasteiger partial charge >= 0.3 is 0 Å². The first kappa shape index (κ1) is 18.2. The van der Waals surface area contributed by atoms with Crippen molar-refractivity contribution in [3.05, 3.63) is 72.6 Å². The van der Waals surface area contributed by atoms with Gasteiger partial charge in [0.25, 0.3) is 0 Å². The van der Waals surface area contributed by atoms with Crippen molar-refractivity contribution in [3.63, 3.8) is 0 Å². The smallest absolute Gasteiger partial charge is 0.136 e. The van der Waals surface area contributed by atoms with E-state index in [0.29, 0.717) is 0 Å². The second-order valence-electron chi connectivity index (χ2n) is 8.72. The van der Waals surface area contributed by atoms with Gasteiger partial charge in [0.1, 0.15) is 11.3 Å². The number of aromatic nitrogens is 4. The van der Waals surface area contributed by atoms with E-state index >= 15 is 0 Å². The number of rotatable bonds is 0. The molecule has 0 fully saturated rings. The number of imidazole rings is 2. The molecule has 0 aromatic carbocycles. The van der Waals surface area contributed by atoms with Gasteiger partial charge in [0, 0.05) is 37.2 Å². The number of nitrogens with zero attached hydrogens (tertiary/aromatic N) is 4. The van der Waals surface area contributed by atoms with Gasteiger partial charge in [-0.25, -0.2) is 9.97 Å². The third kappa shape index (κ3) is 3.96. The average Bonchev–Trinajstić information content (AvgIpc) is 3.21. The van der Waals surface area contributed by atoms with E-state index in [4.69, 9.17) is 0 Å². The zero-order valence-electron chi connectivity index (χ0n) is 16.6. The molecule has 0 saturated carbocycles. The van der Waals surface area contributed by atoms with Crippen LogP contribution in [0.5, 0.6) is 0 Å². The predicted molar refractivity (Wildman–Crippen MR) is 108 cm³/mol. The maximum absolute atomic E-state index is 4.26. The van der Waals surface area contributed by atoms with Crippen molar-refractivity contribution in [1.82, 2.24) is 18.8 Å². The molecule has 0 saturated heterocycles. The molecule has 0 unspecified atom stereocenters. The van der Waals surface area contributed by atoms with Gasteiger partial charge in [-0.3, -0.25) is 0 Å². The Morgan fingerprint density at radius 3 is 1.92 bits per heavy atom. The van der Waals surface area contributed by atoms with Crippen molar-refractivity contribution >= 4 is 11.3 Å². The van der Waals surface area contributed by atoms with Crippen LogP contribution in [0.1, 0.15) is 52.7 Å². The van der Waals surface area contributed by atoms with Crippen molar-refractivity contribution in [3.8, 4) is 0 Å². The Kier molecular flexibility index (Phi) is 4.61. The van der Waals surface area contributed by atoms with E-state index in [9.17, 15) is 0 Å². The van der Waals surface area contributed by atoms with Gasteiger partial charge < -0.3 is 8.80 Å². The molecule has 4 aromatic rings. The Morgan fingerprint density at radius 2 is 1.27 bits per heavy atom. The van der Waals surface area contributed by atoms with E-state index < -0.39 is 0 Å². The zero-order valence-corrected chi connectivity index (χ0v) is 16.6. The van der Waals surface area contributed by atoms with Crippen LogP contribution in [-0.4, -0.2) is 18.8 Å². The maximum atomic E-state index is 4.26. The second kappa shape index (κ2) is 6.60. The van der Waals surface area contributed by atoms with Crippen molar-refractivity contribution in [1.29, 1.82) is 0 Å². The molecular formula is C22H28N4. The highest BCUT2D eigenvalue weighted by atomic mass is 15.0. The summed E-state index contributed by atoms with van der Waals surface area (Å²) >= 11 is 0. The lowest BCUT2D eigenvalue weighted by Crippen LogP contribution is -2.11. The average molecular weight is 348 g/mol. The lowest BCUT2D eigenvalue weighted by Gasteiger charge is -2.18. The van der Waals surface area contributed by atoms with E-state index in [0.717, 1.165) is 11.3 Å². The molecule has 4 heteroatoms. The lowest BCUT2D eigenvalue weighted by atomic mass is 9.88. The Balaban J connectivity index is 0.000000151. The summed E-state index contributed by atoms with van der Waals surface area (Å²) in [6.07, 6.45) is 11.8. The van der Waals surface area contributed by atoms with Gasteiger partial charge in [-0.2, -0.15) is 0 Å². The van der Waals surface area contributed by atoms with Crippen LogP contribution in [0.15, 0.2) is 61.4 Å². The first-order chi connectivity index (χ1) is 12.1. The van der Waals surface area contributed by atoms with Crippen LogP contribution in [0.4, 0.5) is 0 Å². The normalized spacial score (nSPS) is 12.2. The zero-order chi connectivity index (χ0) is 18.9. The molecular weight excluding hydrogens is 320 g/mol. The highest BCUT2D eigenvalue weighted by Crippen LogP contribution is 2.23. The monoisotopic (exact) mass is 348 g/mol. The van der Waals surface area contributed by atoms with Crippen LogP contribution in [-0.2, 0) is 10.8 Å². The first-order valence-corrected chi connectivity index (χ1v) is 9.01. The molecule has 0 spiro atoms. The summed E-state index contributed by atoms with van der Waals surface area (Å²) in [6.45, 7) is 13.3. The fourth-order valence-corrected chi connectivity index (χ4v) is 2.74. The number of pyridine rings is 2. The Bertz CT molecular complexity index is 926. The third-order valence-corrected chi connectivity index (χ3v) is 4.52. The summed E-state index contributed by atoms with van der Waals surface area (Å²) in [5, 5.41) is 0. The van der Waals surface area contributed by atoms with E-state index in [1.54, 1.807) is 0 Å². The number of hydrogen-bond donors (Lipinski definition) is 0. The minimum absolute atomic E-state index is 0.202. The van der Waals surface area contributed by atoms with Gasteiger partial charge in [0.2, 0.25) is 0 Å². The lowest BCUT2D eigenvalue weighted by molar-refractivity contribution is 0.586. The molecule has 4 heterocycles. The molecule has 0 aliphatic carbocycles. The standard InChI is InChI=1S/2C11H14N2/c1-11(2,3)9-4-6-13-7-5-12-10(13)8-9;1-11(2,3)9-4-5-10-12-6-7-13(10)8-9/h2*4-8H,1-3H3. The third-order valence-electron chi connectivity index (χ3n) is 4.52. The second-order valence-corrected chi connectivity index (χ2v) is 8.72. The van der Waals surface area contributed by atoms with E-state index in [-0.39, 0.29) is 10.8 Å². The van der Waals surface area contributed by atoms with Crippen LogP contribution >= 0.6 is 0 Å². The van der Waals surface area contributed by atoms with E-state index in [2.05, 4.69) is 92.6 Å². The number of hydrogen-bond acceptors (Lipinski definition) is 2. The number of fused-ring (bicyclic) bond motifs is 2. The van der Waals surface area contributed by atoms with Crippen molar-refractivity contribution in [2.24, 2.45) is 0 Å². The summed E-state index contributed by atoms with van der Waals surface area (Å²) in [4.78, 5) is 8.46. The van der Waals surface area contributed by atoms with Crippen LogP contribution in [0.3, 0.4) is 0 Å². The fourth-order valence-electron chi connectivity index (χ4n) is 2.74. The van der Waals surface area contributed by atoms with E-state index in [1.165, 1.54) is 11.1 Å². The van der Waals surface area contributed by atoms with E-state index in [1.807, 2.05) is 29.2 Å². The Hall–Kier alpha value is -2.62. The van der Waals surface area contributed by atoms with Gasteiger partial charge in [-0.15, -0.1) is 0 Å². The minimum Gasteiger partial charge on any atom is -0.307 e. The summed E-state index contributed by atoms with van der Waals surface area (Å²) in [6, 6.07) is 8.48.